The van der Waals surface area contributed by atoms with E-state index in [2.05, 4.69) is 11.9 Å². The van der Waals surface area contributed by atoms with Gasteiger partial charge in [0.2, 0.25) is 5.91 Å². The average Bonchev–Trinajstić information content (AvgIpc) is 3.20. The van der Waals surface area contributed by atoms with Gasteiger partial charge in [-0.15, -0.1) is 0 Å². The highest BCUT2D eigenvalue weighted by atomic mass is 32.2. The Morgan fingerprint density at radius 1 is 1.16 bits per heavy atom. The molecule has 0 aromatic heterocycles. The van der Waals surface area contributed by atoms with Crippen LogP contribution in [-0.4, -0.2) is 72.1 Å². The number of piperazine rings is 1. The lowest BCUT2D eigenvalue weighted by atomic mass is 9.93. The van der Waals surface area contributed by atoms with Gasteiger partial charge in [0.25, 0.3) is 0 Å². The van der Waals surface area contributed by atoms with E-state index in [1.54, 1.807) is 0 Å². The summed E-state index contributed by atoms with van der Waals surface area (Å²) in [5.41, 5.74) is 3.12. The SMILES string of the molecule is CCC1=C(C(=O)OC)[C@H](c2ccccc2)N2C(CC(=O)N3CCN(C)CC3)=CSC2=N1. The summed E-state index contributed by atoms with van der Waals surface area (Å²) in [6, 6.07) is 9.53. The number of rotatable bonds is 5. The van der Waals surface area contributed by atoms with E-state index in [-0.39, 0.29) is 24.3 Å². The molecule has 0 radical (unpaired) electrons. The van der Waals surface area contributed by atoms with Crippen LogP contribution in [0.2, 0.25) is 0 Å². The van der Waals surface area contributed by atoms with Crippen LogP contribution in [0.4, 0.5) is 0 Å². The van der Waals surface area contributed by atoms with Crippen LogP contribution < -0.4 is 0 Å². The zero-order chi connectivity index (χ0) is 22.0. The number of amidine groups is 1. The third-order valence-corrected chi connectivity index (χ3v) is 6.82. The first-order chi connectivity index (χ1) is 15.0. The first-order valence-electron chi connectivity index (χ1n) is 10.6. The molecular weight excluding hydrogens is 412 g/mol. The molecule has 0 unspecified atom stereocenters. The van der Waals surface area contributed by atoms with Crippen LogP contribution in [0, 0.1) is 0 Å². The quantitative estimate of drug-likeness (QED) is 0.656. The molecule has 0 aliphatic carbocycles. The Kier molecular flexibility index (Phi) is 6.48. The highest BCUT2D eigenvalue weighted by Gasteiger charge is 2.41. The molecule has 4 rings (SSSR count). The lowest BCUT2D eigenvalue weighted by molar-refractivity contribution is -0.136. The Morgan fingerprint density at radius 3 is 2.52 bits per heavy atom. The predicted molar refractivity (Wildman–Crippen MR) is 122 cm³/mol. The predicted octanol–water partition coefficient (Wildman–Crippen LogP) is 2.99. The highest BCUT2D eigenvalue weighted by Crippen LogP contribution is 2.45. The molecule has 1 saturated heterocycles. The first kappa shape index (κ1) is 21.6. The molecule has 0 N–H and O–H groups in total. The summed E-state index contributed by atoms with van der Waals surface area (Å²) in [4.78, 5) is 36.9. The van der Waals surface area contributed by atoms with Crippen molar-refractivity contribution in [1.82, 2.24) is 14.7 Å². The van der Waals surface area contributed by atoms with Gasteiger partial charge in [0.1, 0.15) is 0 Å². The van der Waals surface area contributed by atoms with Crippen LogP contribution in [0.15, 0.2) is 57.7 Å². The summed E-state index contributed by atoms with van der Waals surface area (Å²) < 4.78 is 5.14. The van der Waals surface area contributed by atoms with Gasteiger partial charge in [0.05, 0.1) is 30.8 Å². The molecule has 7 nitrogen and oxygen atoms in total. The van der Waals surface area contributed by atoms with Gasteiger partial charge in [0, 0.05) is 31.9 Å². The van der Waals surface area contributed by atoms with E-state index in [0.717, 1.165) is 48.3 Å². The number of benzene rings is 1. The van der Waals surface area contributed by atoms with Crippen molar-refractivity contribution >= 4 is 28.8 Å². The van der Waals surface area contributed by atoms with E-state index < -0.39 is 0 Å². The second kappa shape index (κ2) is 9.28. The van der Waals surface area contributed by atoms with E-state index in [9.17, 15) is 9.59 Å². The fourth-order valence-corrected chi connectivity index (χ4v) is 5.12. The van der Waals surface area contributed by atoms with Crippen LogP contribution in [0.5, 0.6) is 0 Å². The number of carbonyl (C=O) groups is 2. The summed E-state index contributed by atoms with van der Waals surface area (Å²) in [5.74, 6) is -0.270. The molecule has 0 spiro atoms. The Hall–Kier alpha value is -2.58. The zero-order valence-corrected chi connectivity index (χ0v) is 19.0. The molecule has 8 heteroatoms. The summed E-state index contributed by atoms with van der Waals surface area (Å²) in [5, 5.41) is 2.80. The van der Waals surface area contributed by atoms with Gasteiger partial charge in [-0.05, 0) is 24.4 Å². The maximum atomic E-state index is 13.1. The van der Waals surface area contributed by atoms with Crippen molar-refractivity contribution < 1.29 is 14.3 Å². The molecule has 0 bridgehead atoms. The Bertz CT molecular complexity index is 949. The summed E-state index contributed by atoms with van der Waals surface area (Å²) in [6.45, 7) is 5.25. The Morgan fingerprint density at radius 2 is 1.87 bits per heavy atom. The van der Waals surface area contributed by atoms with Gasteiger partial charge in [-0.25, -0.2) is 9.79 Å². The molecule has 1 amide bonds. The maximum absolute atomic E-state index is 13.1. The highest BCUT2D eigenvalue weighted by molar-refractivity contribution is 8.16. The number of carbonyl (C=O) groups excluding carboxylic acids is 2. The number of amides is 1. The number of hydrogen-bond acceptors (Lipinski definition) is 7. The number of thioether (sulfide) groups is 1. The van der Waals surface area contributed by atoms with Crippen molar-refractivity contribution in [3.63, 3.8) is 0 Å². The number of nitrogens with zero attached hydrogens (tertiary/aromatic N) is 4. The van der Waals surface area contributed by atoms with Crippen molar-refractivity contribution in [1.29, 1.82) is 0 Å². The fraction of sp³-hybridized carbons (Fsp3) is 0.435. The molecule has 3 heterocycles. The van der Waals surface area contributed by atoms with Crippen LogP contribution in [0.25, 0.3) is 0 Å². The van der Waals surface area contributed by atoms with E-state index in [1.807, 2.05) is 52.5 Å². The van der Waals surface area contributed by atoms with Crippen LogP contribution >= 0.6 is 11.8 Å². The van der Waals surface area contributed by atoms with Gasteiger partial charge in [-0.1, -0.05) is 49.0 Å². The van der Waals surface area contributed by atoms with Crippen LogP contribution in [0.3, 0.4) is 0 Å². The van der Waals surface area contributed by atoms with Crippen molar-refractivity contribution in [3.8, 4) is 0 Å². The van der Waals surface area contributed by atoms with Gasteiger partial charge in [-0.3, -0.25) is 4.79 Å². The Labute approximate surface area is 187 Å². The Balaban J connectivity index is 1.67. The molecule has 164 valence electrons. The molecule has 31 heavy (non-hydrogen) atoms. The number of fused-ring (bicyclic) bond motifs is 1. The number of esters is 1. The smallest absolute Gasteiger partial charge is 0.338 e. The van der Waals surface area contributed by atoms with Gasteiger partial charge in [0.15, 0.2) is 5.17 Å². The van der Waals surface area contributed by atoms with Crippen molar-refractivity contribution in [2.24, 2.45) is 4.99 Å². The largest absolute Gasteiger partial charge is 0.466 e. The van der Waals surface area contributed by atoms with Crippen LogP contribution in [0.1, 0.15) is 31.4 Å². The van der Waals surface area contributed by atoms with Crippen LogP contribution in [-0.2, 0) is 14.3 Å². The van der Waals surface area contributed by atoms with Crippen molar-refractivity contribution in [3.05, 3.63) is 58.3 Å². The monoisotopic (exact) mass is 440 g/mol. The molecule has 3 aliphatic heterocycles. The number of methoxy groups -OCH3 is 1. The third kappa shape index (κ3) is 4.27. The molecule has 1 atom stereocenters. The second-order valence-electron chi connectivity index (χ2n) is 7.87. The molecule has 3 aliphatic rings. The van der Waals surface area contributed by atoms with Gasteiger partial charge < -0.3 is 19.4 Å². The third-order valence-electron chi connectivity index (χ3n) is 5.93. The molecule has 1 fully saturated rings. The van der Waals surface area contributed by atoms with Gasteiger partial charge >= 0.3 is 5.97 Å². The molecular formula is C23H28N4O3S. The van der Waals surface area contributed by atoms with Crippen molar-refractivity contribution in [2.75, 3.05) is 40.3 Å². The number of ether oxygens (including phenoxy) is 1. The normalized spacial score (nSPS) is 21.6. The number of hydrogen-bond donors (Lipinski definition) is 0. The second-order valence-corrected chi connectivity index (χ2v) is 8.71. The fourth-order valence-electron chi connectivity index (χ4n) is 4.19. The minimum Gasteiger partial charge on any atom is -0.466 e. The summed E-state index contributed by atoms with van der Waals surface area (Å²) in [6.07, 6.45) is 0.913. The lowest BCUT2D eigenvalue weighted by Crippen LogP contribution is -2.47. The minimum atomic E-state index is -0.379. The maximum Gasteiger partial charge on any atom is 0.338 e. The first-order valence-corrected chi connectivity index (χ1v) is 11.5. The number of likely N-dealkylation sites (N-methyl/N-ethyl adjacent to an activating group) is 1. The summed E-state index contributed by atoms with van der Waals surface area (Å²) in [7, 11) is 3.47. The van der Waals surface area contributed by atoms with E-state index in [0.29, 0.717) is 12.0 Å². The minimum absolute atomic E-state index is 0.109. The summed E-state index contributed by atoms with van der Waals surface area (Å²) >= 11 is 1.51. The lowest BCUT2D eigenvalue weighted by Gasteiger charge is -2.37. The van der Waals surface area contributed by atoms with E-state index in [1.165, 1.54) is 18.9 Å². The van der Waals surface area contributed by atoms with E-state index in [4.69, 9.17) is 9.73 Å². The van der Waals surface area contributed by atoms with E-state index >= 15 is 0 Å². The average molecular weight is 441 g/mol. The molecule has 0 saturated carbocycles. The molecule has 1 aromatic rings. The standard InChI is InChI=1S/C23H28N4O3S/c1-4-18-20(22(29)30-3)21(16-8-6-5-7-9-16)27-17(15-31-23(27)24-18)14-19(28)26-12-10-25(2)11-13-26/h5-9,15,21H,4,10-14H2,1-3H3/t21-/m0/s1. The topological polar surface area (TPSA) is 65.5 Å². The van der Waals surface area contributed by atoms with Gasteiger partial charge in [-0.2, -0.15) is 0 Å². The van der Waals surface area contributed by atoms with Crippen molar-refractivity contribution in [2.45, 2.75) is 25.8 Å². The number of aliphatic imine (C=N–C) groups is 1. The number of allylic oxidation sites excluding steroid dienone is 1. The zero-order valence-electron chi connectivity index (χ0n) is 18.2. The molecule has 1 aromatic carbocycles.